The van der Waals surface area contributed by atoms with Crippen molar-refractivity contribution in [3.8, 4) is 0 Å². The summed E-state index contributed by atoms with van der Waals surface area (Å²) in [5.74, 6) is -0.586. The van der Waals surface area contributed by atoms with E-state index in [2.05, 4.69) is 10.6 Å². The van der Waals surface area contributed by atoms with Gasteiger partial charge in [-0.15, -0.1) is 0 Å². The minimum absolute atomic E-state index is 0.0458. The number of anilines is 2. The van der Waals surface area contributed by atoms with E-state index >= 15 is 0 Å². The van der Waals surface area contributed by atoms with E-state index in [1.165, 1.54) is 6.07 Å². The molecule has 0 radical (unpaired) electrons. The normalized spacial score (nSPS) is 21.2. The van der Waals surface area contributed by atoms with Gasteiger partial charge in [0.1, 0.15) is 5.82 Å². The first-order chi connectivity index (χ1) is 14.9. The number of amides is 3. The molecule has 0 spiro atoms. The number of halogens is 1. The van der Waals surface area contributed by atoms with E-state index in [1.807, 2.05) is 24.8 Å². The minimum atomic E-state index is -0.310. The standard InChI is InChI=1S/C23H27FN4O3/c1-15-13-27(14-16(2)31-15)21-7-6-17(10-20(21)24)12-26-22(29)18-4-3-5-19(11-18)28-9-8-25-23(28)30/h3-7,10-11,15-16H,8-9,12-14H2,1-2H3,(H,25,30)(H,26,29). The first kappa shape index (κ1) is 21.1. The Morgan fingerprint density at radius 1 is 1.19 bits per heavy atom. The highest BCUT2D eigenvalue weighted by atomic mass is 19.1. The van der Waals surface area contributed by atoms with Gasteiger partial charge in [-0.1, -0.05) is 12.1 Å². The van der Waals surface area contributed by atoms with Crippen LogP contribution in [0.5, 0.6) is 0 Å². The summed E-state index contributed by atoms with van der Waals surface area (Å²) in [4.78, 5) is 28.0. The van der Waals surface area contributed by atoms with Crippen LogP contribution in [0.4, 0.5) is 20.6 Å². The van der Waals surface area contributed by atoms with E-state index in [0.29, 0.717) is 48.7 Å². The van der Waals surface area contributed by atoms with Crippen molar-refractivity contribution in [2.75, 3.05) is 36.0 Å². The summed E-state index contributed by atoms with van der Waals surface area (Å²) in [6.07, 6.45) is 0.0917. The fourth-order valence-electron chi connectivity index (χ4n) is 4.11. The molecule has 0 saturated carbocycles. The van der Waals surface area contributed by atoms with Crippen LogP contribution in [-0.2, 0) is 11.3 Å². The smallest absolute Gasteiger partial charge is 0.321 e. The lowest BCUT2D eigenvalue weighted by Gasteiger charge is -2.37. The Kier molecular flexibility index (Phi) is 6.08. The molecule has 2 saturated heterocycles. The van der Waals surface area contributed by atoms with E-state index in [9.17, 15) is 14.0 Å². The zero-order valence-electron chi connectivity index (χ0n) is 17.7. The fraction of sp³-hybridized carbons (Fsp3) is 0.391. The second kappa shape index (κ2) is 8.93. The molecular weight excluding hydrogens is 399 g/mol. The number of ether oxygens (including phenoxy) is 1. The van der Waals surface area contributed by atoms with E-state index < -0.39 is 0 Å². The molecule has 164 valence electrons. The lowest BCUT2D eigenvalue weighted by molar-refractivity contribution is -0.00539. The molecular formula is C23H27FN4O3. The largest absolute Gasteiger partial charge is 0.372 e. The van der Waals surface area contributed by atoms with Crippen molar-refractivity contribution in [2.45, 2.75) is 32.6 Å². The second-order valence-electron chi connectivity index (χ2n) is 8.06. The van der Waals surface area contributed by atoms with Gasteiger partial charge < -0.3 is 20.3 Å². The molecule has 2 heterocycles. The molecule has 2 N–H and O–H groups in total. The summed E-state index contributed by atoms with van der Waals surface area (Å²) < 4.78 is 20.5. The molecule has 7 nitrogen and oxygen atoms in total. The van der Waals surface area contributed by atoms with Gasteiger partial charge in [0.25, 0.3) is 5.91 Å². The molecule has 2 atom stereocenters. The van der Waals surface area contributed by atoms with Crippen LogP contribution in [0.3, 0.4) is 0 Å². The van der Waals surface area contributed by atoms with Crippen LogP contribution in [-0.4, -0.2) is 50.3 Å². The number of carbonyl (C=O) groups excluding carboxylic acids is 2. The van der Waals surface area contributed by atoms with E-state index in [0.717, 1.165) is 0 Å². The second-order valence-corrected chi connectivity index (χ2v) is 8.06. The van der Waals surface area contributed by atoms with Gasteiger partial charge in [0, 0.05) is 44.0 Å². The highest BCUT2D eigenvalue weighted by molar-refractivity contribution is 5.98. The minimum Gasteiger partial charge on any atom is -0.372 e. The fourth-order valence-corrected chi connectivity index (χ4v) is 4.11. The van der Waals surface area contributed by atoms with Gasteiger partial charge in [-0.05, 0) is 49.7 Å². The molecule has 2 aliphatic rings. The number of benzene rings is 2. The van der Waals surface area contributed by atoms with Crippen molar-refractivity contribution in [1.82, 2.24) is 10.6 Å². The van der Waals surface area contributed by atoms with Crippen LogP contribution >= 0.6 is 0 Å². The van der Waals surface area contributed by atoms with Crippen LogP contribution in [0.15, 0.2) is 42.5 Å². The Labute approximate surface area is 181 Å². The number of carbonyl (C=O) groups is 2. The van der Waals surface area contributed by atoms with Crippen molar-refractivity contribution >= 4 is 23.3 Å². The van der Waals surface area contributed by atoms with Gasteiger partial charge in [-0.3, -0.25) is 9.69 Å². The maximum Gasteiger partial charge on any atom is 0.321 e. The third-order valence-corrected chi connectivity index (χ3v) is 5.50. The molecule has 2 unspecified atom stereocenters. The quantitative estimate of drug-likeness (QED) is 0.771. The van der Waals surface area contributed by atoms with Crippen LogP contribution in [0.1, 0.15) is 29.8 Å². The molecule has 2 fully saturated rings. The van der Waals surface area contributed by atoms with E-state index in [-0.39, 0.29) is 36.5 Å². The highest BCUT2D eigenvalue weighted by Crippen LogP contribution is 2.25. The number of rotatable bonds is 5. The molecule has 3 amide bonds. The average molecular weight is 426 g/mol. The zero-order chi connectivity index (χ0) is 22.0. The number of hydrogen-bond acceptors (Lipinski definition) is 4. The predicted molar refractivity (Wildman–Crippen MR) is 117 cm³/mol. The van der Waals surface area contributed by atoms with Crippen molar-refractivity contribution in [3.05, 3.63) is 59.4 Å². The molecule has 4 rings (SSSR count). The summed E-state index contributed by atoms with van der Waals surface area (Å²) in [6, 6.07) is 11.8. The molecule has 2 aliphatic heterocycles. The van der Waals surface area contributed by atoms with Crippen molar-refractivity contribution < 1.29 is 18.7 Å². The van der Waals surface area contributed by atoms with Crippen molar-refractivity contribution in [2.24, 2.45) is 0 Å². The molecule has 2 aromatic carbocycles. The van der Waals surface area contributed by atoms with Crippen LogP contribution in [0, 0.1) is 5.82 Å². The zero-order valence-corrected chi connectivity index (χ0v) is 17.7. The van der Waals surface area contributed by atoms with Gasteiger partial charge in [0.05, 0.1) is 17.9 Å². The van der Waals surface area contributed by atoms with Crippen molar-refractivity contribution in [3.63, 3.8) is 0 Å². The van der Waals surface area contributed by atoms with Gasteiger partial charge in [0.2, 0.25) is 0 Å². The van der Waals surface area contributed by atoms with Gasteiger partial charge >= 0.3 is 6.03 Å². The first-order valence-corrected chi connectivity index (χ1v) is 10.5. The summed E-state index contributed by atoms with van der Waals surface area (Å²) in [5.41, 5.74) is 2.35. The number of nitrogens with zero attached hydrogens (tertiary/aromatic N) is 2. The van der Waals surface area contributed by atoms with Crippen LogP contribution < -0.4 is 20.4 Å². The molecule has 31 heavy (non-hydrogen) atoms. The number of nitrogens with one attached hydrogen (secondary N) is 2. The Morgan fingerprint density at radius 2 is 1.97 bits per heavy atom. The van der Waals surface area contributed by atoms with E-state index in [1.54, 1.807) is 35.2 Å². The maximum absolute atomic E-state index is 14.8. The molecule has 0 bridgehead atoms. The monoisotopic (exact) mass is 426 g/mol. The Morgan fingerprint density at radius 3 is 2.65 bits per heavy atom. The predicted octanol–water partition coefficient (Wildman–Crippen LogP) is 2.90. The average Bonchev–Trinajstić information content (AvgIpc) is 3.17. The van der Waals surface area contributed by atoms with Crippen LogP contribution in [0.25, 0.3) is 0 Å². The van der Waals surface area contributed by atoms with Gasteiger partial charge in [-0.2, -0.15) is 0 Å². The van der Waals surface area contributed by atoms with Gasteiger partial charge in [-0.25, -0.2) is 9.18 Å². The van der Waals surface area contributed by atoms with Crippen molar-refractivity contribution in [1.29, 1.82) is 0 Å². The maximum atomic E-state index is 14.8. The van der Waals surface area contributed by atoms with Crippen LogP contribution in [0.2, 0.25) is 0 Å². The summed E-state index contributed by atoms with van der Waals surface area (Å²) in [7, 11) is 0. The summed E-state index contributed by atoms with van der Waals surface area (Å²) in [6.45, 7) is 6.60. The van der Waals surface area contributed by atoms with E-state index in [4.69, 9.17) is 4.74 Å². The SMILES string of the molecule is CC1CN(c2ccc(CNC(=O)c3cccc(N4CCNC4=O)c3)cc2F)CC(C)O1. The number of urea groups is 1. The topological polar surface area (TPSA) is 73.9 Å². The Hall–Kier alpha value is -3.13. The summed E-state index contributed by atoms with van der Waals surface area (Å²) >= 11 is 0. The lowest BCUT2D eigenvalue weighted by Crippen LogP contribution is -2.45. The molecule has 0 aromatic heterocycles. The highest BCUT2D eigenvalue weighted by Gasteiger charge is 2.24. The molecule has 0 aliphatic carbocycles. The summed E-state index contributed by atoms with van der Waals surface area (Å²) in [5, 5.41) is 5.57. The molecule has 8 heteroatoms. The third kappa shape index (κ3) is 4.80. The first-order valence-electron chi connectivity index (χ1n) is 10.5. The Bertz CT molecular complexity index is 973. The number of morpholine rings is 1. The Balaban J connectivity index is 1.40. The van der Waals surface area contributed by atoms with Gasteiger partial charge in [0.15, 0.2) is 0 Å². The molecule has 2 aromatic rings. The third-order valence-electron chi connectivity index (χ3n) is 5.50. The number of hydrogen-bond donors (Lipinski definition) is 2. The lowest BCUT2D eigenvalue weighted by atomic mass is 10.1.